The predicted octanol–water partition coefficient (Wildman–Crippen LogP) is 4.54. The van der Waals surface area contributed by atoms with Gasteiger partial charge in [-0.15, -0.1) is 0 Å². The lowest BCUT2D eigenvalue weighted by Gasteiger charge is -2.37. The highest BCUT2D eigenvalue weighted by atomic mass is 16.8. The van der Waals surface area contributed by atoms with Crippen molar-refractivity contribution in [2.75, 3.05) is 13.2 Å². The van der Waals surface area contributed by atoms with Gasteiger partial charge in [0.2, 0.25) is 5.91 Å². The van der Waals surface area contributed by atoms with Crippen LogP contribution in [0.15, 0.2) is 12.1 Å². The molecular weight excluding hydrogens is 474 g/mol. The van der Waals surface area contributed by atoms with Crippen LogP contribution in [0.3, 0.4) is 0 Å². The molecule has 8 nitrogen and oxygen atoms in total. The Morgan fingerprint density at radius 1 is 0.946 bits per heavy atom. The molecule has 3 heterocycles. The van der Waals surface area contributed by atoms with E-state index in [1.54, 1.807) is 11.8 Å². The lowest BCUT2D eigenvalue weighted by Crippen LogP contribution is -2.56. The number of carbonyl (C=O) groups is 1. The zero-order valence-corrected chi connectivity index (χ0v) is 24.2. The van der Waals surface area contributed by atoms with Crippen LogP contribution >= 0.6 is 0 Å². The molecule has 3 aliphatic heterocycles. The summed E-state index contributed by atoms with van der Waals surface area (Å²) in [6, 6.07) is 4.01. The van der Waals surface area contributed by atoms with Gasteiger partial charge in [0, 0.05) is 13.5 Å². The maximum atomic E-state index is 12.9. The Morgan fingerprint density at radius 2 is 1.57 bits per heavy atom. The van der Waals surface area contributed by atoms with Gasteiger partial charge >= 0.3 is 0 Å². The topological polar surface area (TPSA) is 75.7 Å². The van der Waals surface area contributed by atoms with Crippen molar-refractivity contribution in [2.45, 2.75) is 130 Å². The van der Waals surface area contributed by atoms with E-state index >= 15 is 0 Å². The molecule has 3 saturated heterocycles. The molecule has 0 spiro atoms. The maximum Gasteiger partial charge on any atom is 0.222 e. The van der Waals surface area contributed by atoms with Gasteiger partial charge in [0.1, 0.15) is 24.0 Å². The Balaban J connectivity index is 1.53. The lowest BCUT2D eigenvalue weighted by atomic mass is 9.94. The Kier molecular flexibility index (Phi) is 7.85. The van der Waals surface area contributed by atoms with Crippen LogP contribution in [0.25, 0.3) is 0 Å². The van der Waals surface area contributed by atoms with E-state index in [1.807, 2.05) is 41.5 Å². The SMILES string of the molecule is CC(=O)N1[C@@H]([C@H]2OC(C)(C)O[C@@H]2[C@H]2COC(C)(C)O2)[C@H](CCOCc2c(C)cc(C)cc2C)OC1(C)C. The van der Waals surface area contributed by atoms with E-state index in [-0.39, 0.29) is 24.2 Å². The van der Waals surface area contributed by atoms with E-state index < -0.39 is 29.5 Å². The second-order valence-corrected chi connectivity index (χ2v) is 12.1. The fourth-order valence-corrected chi connectivity index (χ4v) is 6.26. The number of rotatable bonds is 7. The normalized spacial score (nSPS) is 32.3. The van der Waals surface area contributed by atoms with Crippen LogP contribution in [0.2, 0.25) is 0 Å². The van der Waals surface area contributed by atoms with Crippen LogP contribution in [0, 0.1) is 20.8 Å². The Hall–Kier alpha value is -1.55. The van der Waals surface area contributed by atoms with Crippen molar-refractivity contribution >= 4 is 5.91 Å². The van der Waals surface area contributed by atoms with E-state index in [2.05, 4.69) is 32.9 Å². The molecule has 3 aliphatic rings. The number of aryl methyl sites for hydroxylation is 3. The first-order valence-electron chi connectivity index (χ1n) is 13.4. The smallest absolute Gasteiger partial charge is 0.222 e. The summed E-state index contributed by atoms with van der Waals surface area (Å²) in [6.45, 7) is 20.8. The number of hydrogen-bond acceptors (Lipinski definition) is 7. The number of benzene rings is 1. The molecule has 0 radical (unpaired) electrons. The van der Waals surface area contributed by atoms with Gasteiger partial charge in [-0.25, -0.2) is 0 Å². The van der Waals surface area contributed by atoms with Crippen LogP contribution in [-0.4, -0.2) is 71.8 Å². The molecule has 1 amide bonds. The molecule has 0 N–H and O–H groups in total. The number of nitrogens with zero attached hydrogens (tertiary/aromatic N) is 1. The molecule has 1 aromatic carbocycles. The van der Waals surface area contributed by atoms with Crippen LogP contribution in [-0.2, 0) is 39.8 Å². The predicted molar refractivity (Wildman–Crippen MR) is 139 cm³/mol. The summed E-state index contributed by atoms with van der Waals surface area (Å²) in [6.07, 6.45) is -0.859. The van der Waals surface area contributed by atoms with E-state index in [1.165, 1.54) is 22.3 Å². The second kappa shape index (κ2) is 10.2. The zero-order valence-electron chi connectivity index (χ0n) is 24.2. The Labute approximate surface area is 221 Å². The Bertz CT molecular complexity index is 981. The van der Waals surface area contributed by atoms with Crippen molar-refractivity contribution in [3.63, 3.8) is 0 Å². The molecule has 0 bridgehead atoms. The molecule has 0 aromatic heterocycles. The van der Waals surface area contributed by atoms with E-state index in [0.29, 0.717) is 26.2 Å². The van der Waals surface area contributed by atoms with Crippen LogP contribution in [0.5, 0.6) is 0 Å². The van der Waals surface area contributed by atoms with Crippen molar-refractivity contribution in [3.05, 3.63) is 34.4 Å². The third kappa shape index (κ3) is 6.05. The monoisotopic (exact) mass is 519 g/mol. The van der Waals surface area contributed by atoms with E-state index in [0.717, 1.165) is 0 Å². The average Bonchev–Trinajstić information content (AvgIpc) is 3.35. The minimum Gasteiger partial charge on any atom is -0.377 e. The molecule has 37 heavy (non-hydrogen) atoms. The Morgan fingerprint density at radius 3 is 2.14 bits per heavy atom. The largest absolute Gasteiger partial charge is 0.377 e. The number of amides is 1. The third-order valence-corrected chi connectivity index (χ3v) is 7.57. The molecule has 0 saturated carbocycles. The van der Waals surface area contributed by atoms with Gasteiger partial charge in [0.05, 0.1) is 25.4 Å². The molecule has 0 unspecified atom stereocenters. The summed E-state index contributed by atoms with van der Waals surface area (Å²) in [5.41, 5.74) is 4.15. The maximum absolute atomic E-state index is 12.9. The van der Waals surface area contributed by atoms with Crippen molar-refractivity contribution in [1.29, 1.82) is 0 Å². The first-order chi connectivity index (χ1) is 17.1. The van der Waals surface area contributed by atoms with Gasteiger partial charge in [0.15, 0.2) is 11.6 Å². The minimum atomic E-state index is -0.831. The zero-order chi connectivity index (χ0) is 27.3. The third-order valence-electron chi connectivity index (χ3n) is 7.57. The summed E-state index contributed by atoms with van der Waals surface area (Å²) in [7, 11) is 0. The standard InChI is InChI=1S/C29H45NO7/c1-17-13-18(2)21(19(3)14-17)15-32-12-11-22-24(30(20(4)31)27(5,6)34-22)26-25(36-29(9,10)37-26)23-16-33-28(7,8)35-23/h13-14,22-26H,11-12,15-16H2,1-10H3/t22-,23+,24+,25+,26+/m0/s1. The molecule has 8 heteroatoms. The molecule has 208 valence electrons. The second-order valence-electron chi connectivity index (χ2n) is 12.1. The number of ether oxygens (including phenoxy) is 6. The van der Waals surface area contributed by atoms with Gasteiger partial charge in [-0.3, -0.25) is 4.79 Å². The van der Waals surface area contributed by atoms with Gasteiger partial charge in [-0.1, -0.05) is 17.7 Å². The van der Waals surface area contributed by atoms with Crippen molar-refractivity contribution in [3.8, 4) is 0 Å². The lowest BCUT2D eigenvalue weighted by molar-refractivity contribution is -0.175. The van der Waals surface area contributed by atoms with E-state index in [4.69, 9.17) is 28.4 Å². The van der Waals surface area contributed by atoms with Gasteiger partial charge < -0.3 is 33.3 Å². The molecule has 1 aromatic rings. The highest BCUT2D eigenvalue weighted by molar-refractivity contribution is 5.75. The van der Waals surface area contributed by atoms with Gasteiger partial charge in [0.25, 0.3) is 0 Å². The summed E-state index contributed by atoms with van der Waals surface area (Å²) in [5.74, 6) is -1.60. The van der Waals surface area contributed by atoms with Crippen molar-refractivity contribution < 1.29 is 33.2 Å². The summed E-state index contributed by atoms with van der Waals surface area (Å²) in [4.78, 5) is 14.7. The summed E-state index contributed by atoms with van der Waals surface area (Å²) in [5, 5.41) is 0. The summed E-state index contributed by atoms with van der Waals surface area (Å²) >= 11 is 0. The minimum absolute atomic E-state index is 0.0692. The van der Waals surface area contributed by atoms with Crippen molar-refractivity contribution in [1.82, 2.24) is 4.90 Å². The molecule has 5 atom stereocenters. The fraction of sp³-hybridized carbons (Fsp3) is 0.759. The van der Waals surface area contributed by atoms with Crippen LogP contribution in [0.1, 0.15) is 77.1 Å². The molecule has 4 rings (SSSR count). The number of carbonyl (C=O) groups excluding carboxylic acids is 1. The molecule has 0 aliphatic carbocycles. The molecule has 3 fully saturated rings. The number of hydrogen-bond donors (Lipinski definition) is 0. The van der Waals surface area contributed by atoms with Crippen LogP contribution < -0.4 is 0 Å². The quantitative estimate of drug-likeness (QED) is 0.490. The van der Waals surface area contributed by atoms with Gasteiger partial charge in [-0.2, -0.15) is 0 Å². The first kappa shape index (κ1) is 28.5. The van der Waals surface area contributed by atoms with Crippen LogP contribution in [0.4, 0.5) is 0 Å². The van der Waals surface area contributed by atoms with E-state index in [9.17, 15) is 4.79 Å². The van der Waals surface area contributed by atoms with Gasteiger partial charge in [-0.05, 0) is 85.4 Å². The first-order valence-corrected chi connectivity index (χ1v) is 13.4. The highest BCUT2D eigenvalue weighted by Crippen LogP contribution is 2.44. The summed E-state index contributed by atoms with van der Waals surface area (Å²) < 4.78 is 37.5. The highest BCUT2D eigenvalue weighted by Gasteiger charge is 2.60. The molecular formula is C29H45NO7. The van der Waals surface area contributed by atoms with Crippen molar-refractivity contribution in [2.24, 2.45) is 0 Å². The average molecular weight is 520 g/mol. The fourth-order valence-electron chi connectivity index (χ4n) is 6.26.